The predicted molar refractivity (Wildman–Crippen MR) is 352 cm³/mol. The van der Waals surface area contributed by atoms with Gasteiger partial charge in [-0.15, -0.1) is 0 Å². The number of rotatable bonds is 10. The number of fused-ring (bicyclic) bond motifs is 6. The van der Waals surface area contributed by atoms with Crippen molar-refractivity contribution in [2.45, 2.75) is 13.8 Å². The first-order valence-corrected chi connectivity index (χ1v) is 28.4. The second-order valence-electron chi connectivity index (χ2n) is 21.8. The van der Waals surface area contributed by atoms with E-state index >= 15 is 0 Å². The van der Waals surface area contributed by atoms with Gasteiger partial charge < -0.3 is 9.80 Å². The molecule has 0 radical (unpaired) electrons. The number of hydrogen-bond acceptors (Lipinski definition) is 2. The van der Waals surface area contributed by atoms with E-state index in [1.165, 1.54) is 109 Å². The first-order valence-electron chi connectivity index (χ1n) is 28.4. The molecular weight excluding hydrogens is 989 g/mol. The van der Waals surface area contributed by atoms with E-state index in [2.05, 4.69) is 327 Å². The van der Waals surface area contributed by atoms with Gasteiger partial charge in [0.25, 0.3) is 0 Å². The highest BCUT2D eigenvalue weighted by Crippen LogP contribution is 2.47. The summed E-state index contributed by atoms with van der Waals surface area (Å²) >= 11 is 0. The Hall–Kier alpha value is -10.5. The van der Waals surface area contributed by atoms with Crippen LogP contribution in [-0.2, 0) is 0 Å². The normalized spacial score (nSPS) is 11.5. The van der Waals surface area contributed by atoms with Crippen LogP contribution in [0.1, 0.15) is 11.1 Å². The maximum atomic E-state index is 2.42. The zero-order valence-electron chi connectivity index (χ0n) is 45.8. The van der Waals surface area contributed by atoms with Crippen molar-refractivity contribution >= 4 is 98.8 Å². The fourth-order valence-electron chi connectivity index (χ4n) is 12.6. The van der Waals surface area contributed by atoms with E-state index in [4.69, 9.17) is 0 Å². The van der Waals surface area contributed by atoms with Crippen molar-refractivity contribution in [2.24, 2.45) is 0 Å². The highest BCUT2D eigenvalue weighted by Gasteiger charge is 2.21. The Bertz CT molecular complexity index is 4920. The SMILES string of the molecule is Cc1cc2c(-c3ccc4ccccc4c3)c3ccccc3c(-c3ccc4cc(-c5ccc6c(N(c7ccccc7)c7ccc(-c8ccc(N(c9ccccc9)c9cccc%10ccccc9%10)cc8)cc7)cccc6c5)ccc4c3)c2cc1C. The molecule has 0 aliphatic carbocycles. The second kappa shape index (κ2) is 20.3. The summed E-state index contributed by atoms with van der Waals surface area (Å²) in [5.74, 6) is 0. The summed E-state index contributed by atoms with van der Waals surface area (Å²) in [6.07, 6.45) is 0. The van der Waals surface area contributed by atoms with E-state index in [0.29, 0.717) is 0 Å². The molecule has 0 amide bonds. The fourth-order valence-corrected chi connectivity index (χ4v) is 12.6. The van der Waals surface area contributed by atoms with Crippen LogP contribution in [-0.4, -0.2) is 0 Å². The van der Waals surface area contributed by atoms with Crippen LogP contribution in [0.3, 0.4) is 0 Å². The number of para-hydroxylation sites is 2. The molecule has 0 saturated heterocycles. The molecule has 0 unspecified atom stereocenters. The van der Waals surface area contributed by atoms with Gasteiger partial charge in [0.15, 0.2) is 0 Å². The van der Waals surface area contributed by atoms with Gasteiger partial charge in [-0.2, -0.15) is 0 Å². The molecule has 0 fully saturated rings. The van der Waals surface area contributed by atoms with Crippen molar-refractivity contribution in [2.75, 3.05) is 9.80 Å². The molecule has 0 aromatic heterocycles. The molecule has 0 spiro atoms. The van der Waals surface area contributed by atoms with Gasteiger partial charge in [0, 0.05) is 33.5 Å². The van der Waals surface area contributed by atoms with Gasteiger partial charge in [0.1, 0.15) is 0 Å². The molecule has 0 saturated carbocycles. The van der Waals surface area contributed by atoms with Crippen LogP contribution < -0.4 is 9.80 Å². The highest BCUT2D eigenvalue weighted by atomic mass is 15.1. The summed E-state index contributed by atoms with van der Waals surface area (Å²) in [6, 6.07) is 112. The highest BCUT2D eigenvalue weighted by molar-refractivity contribution is 6.22. The van der Waals surface area contributed by atoms with Crippen molar-refractivity contribution in [1.29, 1.82) is 0 Å². The van der Waals surface area contributed by atoms with Crippen LogP contribution in [0.2, 0.25) is 0 Å². The maximum absolute atomic E-state index is 2.42. The van der Waals surface area contributed by atoms with E-state index in [1.54, 1.807) is 0 Å². The number of aryl methyl sites for hydroxylation is 2. The lowest BCUT2D eigenvalue weighted by Crippen LogP contribution is -2.10. The van der Waals surface area contributed by atoms with Crippen LogP contribution in [0.5, 0.6) is 0 Å². The molecule has 15 rings (SSSR count). The predicted octanol–water partition coefficient (Wildman–Crippen LogP) is 22.8. The minimum atomic E-state index is 1.09. The average molecular weight is 1050 g/mol. The first-order chi connectivity index (χ1) is 40.5. The third kappa shape index (κ3) is 8.61. The minimum absolute atomic E-state index is 1.09. The molecular formula is C80H56N2. The van der Waals surface area contributed by atoms with Gasteiger partial charge in [-0.3, -0.25) is 0 Å². The van der Waals surface area contributed by atoms with E-state index in [1.807, 2.05) is 0 Å². The topological polar surface area (TPSA) is 6.48 Å². The zero-order valence-corrected chi connectivity index (χ0v) is 45.8. The number of anilines is 6. The van der Waals surface area contributed by atoms with Crippen molar-refractivity contribution in [3.05, 3.63) is 314 Å². The summed E-state index contributed by atoms with van der Waals surface area (Å²) in [6.45, 7) is 4.48. The van der Waals surface area contributed by atoms with Gasteiger partial charge in [0.05, 0.1) is 11.4 Å². The maximum Gasteiger partial charge on any atom is 0.0540 e. The van der Waals surface area contributed by atoms with E-state index in [0.717, 1.165) is 45.3 Å². The van der Waals surface area contributed by atoms with Crippen LogP contribution in [0.25, 0.3) is 109 Å². The Morgan fingerprint density at radius 1 is 0.195 bits per heavy atom. The Kier molecular flexibility index (Phi) is 12.0. The molecule has 0 atom stereocenters. The summed E-state index contributed by atoms with van der Waals surface area (Å²) in [5.41, 5.74) is 19.0. The van der Waals surface area contributed by atoms with E-state index in [9.17, 15) is 0 Å². The second-order valence-corrected chi connectivity index (χ2v) is 21.8. The van der Waals surface area contributed by atoms with Gasteiger partial charge in [0.2, 0.25) is 0 Å². The number of nitrogens with zero attached hydrogens (tertiary/aromatic N) is 2. The van der Waals surface area contributed by atoms with Crippen LogP contribution in [0.15, 0.2) is 303 Å². The molecule has 15 aromatic carbocycles. The lowest BCUT2D eigenvalue weighted by molar-refractivity contribution is 1.29. The molecule has 2 heteroatoms. The standard InChI is InChI=1S/C80H56N2/c1-53-47-75-76(48-54(53)2)80(74-28-14-13-27-73(74)79(75)65-35-31-55-17-9-10-19-59(55)51-65)66-36-34-61-49-60(32-33-62(61)52-66)63-41-46-72-64(50-63)21-16-30-78(72)82(68-24-7-4-8-25-68)70-44-39-57(40-45-70)56-37-42-69(43-38-56)81(67-22-5-3-6-23-67)77-29-15-20-58-18-11-12-26-71(58)77/h3-52H,1-2H3. The van der Waals surface area contributed by atoms with Gasteiger partial charge >= 0.3 is 0 Å². The van der Waals surface area contributed by atoms with Crippen molar-refractivity contribution < 1.29 is 0 Å². The van der Waals surface area contributed by atoms with E-state index in [-0.39, 0.29) is 0 Å². The number of hydrogen-bond donors (Lipinski definition) is 0. The summed E-state index contributed by atoms with van der Waals surface area (Å²) in [7, 11) is 0. The zero-order chi connectivity index (χ0) is 54.7. The summed E-state index contributed by atoms with van der Waals surface area (Å²) < 4.78 is 0. The summed E-state index contributed by atoms with van der Waals surface area (Å²) in [5, 5.41) is 14.9. The lowest BCUT2D eigenvalue weighted by Gasteiger charge is -2.27. The number of benzene rings is 15. The third-order valence-corrected chi connectivity index (χ3v) is 16.9. The minimum Gasteiger partial charge on any atom is -0.310 e. The average Bonchev–Trinajstić information content (AvgIpc) is 3.64. The first kappa shape index (κ1) is 48.6. The molecule has 0 aliphatic heterocycles. The molecule has 2 nitrogen and oxygen atoms in total. The van der Waals surface area contributed by atoms with Crippen LogP contribution in [0, 0.1) is 13.8 Å². The smallest absolute Gasteiger partial charge is 0.0540 e. The molecule has 0 heterocycles. The quantitative estimate of drug-likeness (QED) is 0.126. The molecule has 0 aliphatic rings. The Balaban J connectivity index is 0.750. The van der Waals surface area contributed by atoms with E-state index < -0.39 is 0 Å². The van der Waals surface area contributed by atoms with Crippen LogP contribution in [0.4, 0.5) is 34.1 Å². The van der Waals surface area contributed by atoms with Crippen molar-refractivity contribution in [1.82, 2.24) is 0 Å². The van der Waals surface area contributed by atoms with Gasteiger partial charge in [-0.25, -0.2) is 0 Å². The molecule has 15 aromatic rings. The molecule has 0 bridgehead atoms. The van der Waals surface area contributed by atoms with Gasteiger partial charge in [-0.1, -0.05) is 218 Å². The van der Waals surface area contributed by atoms with Crippen LogP contribution >= 0.6 is 0 Å². The molecule has 0 N–H and O–H groups in total. The largest absolute Gasteiger partial charge is 0.310 e. The molecule has 386 valence electrons. The van der Waals surface area contributed by atoms with Crippen molar-refractivity contribution in [3.63, 3.8) is 0 Å². The van der Waals surface area contributed by atoms with Crippen molar-refractivity contribution in [3.8, 4) is 44.5 Å². The Labute approximate surface area is 478 Å². The fraction of sp³-hybridized carbons (Fsp3) is 0.0250. The third-order valence-electron chi connectivity index (χ3n) is 16.9. The van der Waals surface area contributed by atoms with Gasteiger partial charge in [-0.05, 0) is 208 Å². The Morgan fingerprint density at radius 2 is 0.537 bits per heavy atom. The Morgan fingerprint density at radius 3 is 1.07 bits per heavy atom. The summed E-state index contributed by atoms with van der Waals surface area (Å²) in [4.78, 5) is 4.74. The lowest BCUT2D eigenvalue weighted by atomic mass is 9.84. The monoisotopic (exact) mass is 1040 g/mol. The molecule has 82 heavy (non-hydrogen) atoms.